The largest absolute Gasteiger partial charge is 0.481 e. The number of carbonyl (C=O) groups is 2. The van der Waals surface area contributed by atoms with E-state index in [-0.39, 0.29) is 22.8 Å². The van der Waals surface area contributed by atoms with Crippen LogP contribution in [0.5, 0.6) is 0 Å². The van der Waals surface area contributed by atoms with Crippen LogP contribution >= 0.6 is 0 Å². The van der Waals surface area contributed by atoms with Crippen molar-refractivity contribution in [3.63, 3.8) is 0 Å². The van der Waals surface area contributed by atoms with Gasteiger partial charge >= 0.3 is 5.97 Å². The number of hydrogen-bond donors (Lipinski definition) is 1. The van der Waals surface area contributed by atoms with Gasteiger partial charge in [-0.3, -0.25) is 9.59 Å². The van der Waals surface area contributed by atoms with Crippen LogP contribution in [-0.2, 0) is 14.6 Å². The van der Waals surface area contributed by atoms with Crippen LogP contribution in [0.2, 0.25) is 0 Å². The molecule has 1 aromatic carbocycles. The molecule has 0 fully saturated rings. The van der Waals surface area contributed by atoms with Gasteiger partial charge in [-0.2, -0.15) is 0 Å². The van der Waals surface area contributed by atoms with Gasteiger partial charge in [0.2, 0.25) is 0 Å². The van der Waals surface area contributed by atoms with E-state index in [4.69, 9.17) is 5.11 Å². The fourth-order valence-corrected chi connectivity index (χ4v) is 2.32. The van der Waals surface area contributed by atoms with Gasteiger partial charge in [-0.25, -0.2) is 8.42 Å². The van der Waals surface area contributed by atoms with E-state index in [1.54, 1.807) is 7.05 Å². The van der Waals surface area contributed by atoms with E-state index in [0.29, 0.717) is 13.0 Å². The average Bonchev–Trinajstić information content (AvgIpc) is 2.36. The molecule has 0 radical (unpaired) electrons. The highest BCUT2D eigenvalue weighted by Gasteiger charge is 2.15. The Morgan fingerprint density at radius 1 is 1.30 bits per heavy atom. The maximum Gasteiger partial charge on any atom is 0.303 e. The summed E-state index contributed by atoms with van der Waals surface area (Å²) in [6.45, 7) is 0.300. The van der Waals surface area contributed by atoms with Crippen LogP contribution in [0, 0.1) is 0 Å². The molecule has 0 spiro atoms. The summed E-state index contributed by atoms with van der Waals surface area (Å²) in [5.74, 6) is -1.24. The topological polar surface area (TPSA) is 91.8 Å². The maximum absolute atomic E-state index is 12.1. The Bertz CT molecular complexity index is 609. The van der Waals surface area contributed by atoms with E-state index in [2.05, 4.69) is 0 Å². The SMILES string of the molecule is CN(CCCC(=O)O)C(=O)c1cccc(S(C)(=O)=O)c1. The molecule has 1 rings (SSSR count). The third kappa shape index (κ3) is 4.65. The molecular weight excluding hydrogens is 282 g/mol. The van der Waals surface area contributed by atoms with Crippen LogP contribution in [0.3, 0.4) is 0 Å². The van der Waals surface area contributed by atoms with Crippen LogP contribution in [0.25, 0.3) is 0 Å². The Kier molecular flexibility index (Phi) is 5.26. The molecule has 0 heterocycles. The quantitative estimate of drug-likeness (QED) is 0.847. The predicted octanol–water partition coefficient (Wildman–Crippen LogP) is 1.03. The van der Waals surface area contributed by atoms with Crippen LogP contribution in [0.15, 0.2) is 29.2 Å². The summed E-state index contributed by atoms with van der Waals surface area (Å²) in [7, 11) is -1.81. The summed E-state index contributed by atoms with van der Waals surface area (Å²) in [6, 6.07) is 5.79. The summed E-state index contributed by atoms with van der Waals surface area (Å²) in [5.41, 5.74) is 0.269. The molecule has 0 aromatic heterocycles. The first-order chi connectivity index (χ1) is 9.21. The zero-order valence-electron chi connectivity index (χ0n) is 11.4. The number of carboxylic acid groups (broad SMARTS) is 1. The van der Waals surface area contributed by atoms with Crippen molar-refractivity contribution >= 4 is 21.7 Å². The smallest absolute Gasteiger partial charge is 0.303 e. The van der Waals surface area contributed by atoms with Crippen molar-refractivity contribution < 1.29 is 23.1 Å². The first-order valence-corrected chi connectivity index (χ1v) is 7.88. The molecule has 1 aromatic rings. The number of carboxylic acids is 1. The predicted molar refractivity (Wildman–Crippen MR) is 73.4 cm³/mol. The second-order valence-electron chi connectivity index (χ2n) is 4.52. The summed E-state index contributed by atoms with van der Waals surface area (Å²) < 4.78 is 22.9. The Labute approximate surface area is 117 Å². The van der Waals surface area contributed by atoms with Crippen LogP contribution in [0.4, 0.5) is 0 Å². The summed E-state index contributed by atoms with van der Waals surface area (Å²) in [4.78, 5) is 24.0. The lowest BCUT2D eigenvalue weighted by molar-refractivity contribution is -0.137. The van der Waals surface area contributed by atoms with Crippen LogP contribution in [-0.4, -0.2) is 50.1 Å². The zero-order chi connectivity index (χ0) is 15.3. The molecule has 0 aliphatic heterocycles. The number of sulfone groups is 1. The molecule has 110 valence electrons. The molecule has 1 amide bonds. The summed E-state index contributed by atoms with van der Waals surface area (Å²) in [6.07, 6.45) is 1.41. The Hall–Kier alpha value is -1.89. The van der Waals surface area contributed by atoms with Crippen LogP contribution < -0.4 is 0 Å². The van der Waals surface area contributed by atoms with E-state index in [1.165, 1.54) is 29.2 Å². The van der Waals surface area contributed by atoms with E-state index < -0.39 is 15.8 Å². The molecular formula is C13H17NO5S. The maximum atomic E-state index is 12.1. The number of nitrogens with zero attached hydrogens (tertiary/aromatic N) is 1. The van der Waals surface area contributed by atoms with E-state index in [9.17, 15) is 18.0 Å². The number of aliphatic carboxylic acids is 1. The number of hydrogen-bond acceptors (Lipinski definition) is 4. The highest BCUT2D eigenvalue weighted by atomic mass is 32.2. The molecule has 7 heteroatoms. The molecule has 0 atom stereocenters. The Balaban J connectivity index is 2.79. The third-order valence-corrected chi connectivity index (χ3v) is 3.85. The normalized spacial score (nSPS) is 11.1. The lowest BCUT2D eigenvalue weighted by atomic mass is 10.2. The van der Waals surface area contributed by atoms with Gasteiger partial charge in [0.1, 0.15) is 0 Å². The fraction of sp³-hybridized carbons (Fsp3) is 0.385. The fourth-order valence-electron chi connectivity index (χ4n) is 1.65. The Morgan fingerprint density at radius 2 is 1.95 bits per heavy atom. The molecule has 0 aliphatic carbocycles. The number of carbonyl (C=O) groups excluding carboxylic acids is 1. The third-order valence-electron chi connectivity index (χ3n) is 2.74. The van der Waals surface area contributed by atoms with Crippen molar-refractivity contribution in [1.29, 1.82) is 0 Å². The van der Waals surface area contributed by atoms with Crippen molar-refractivity contribution in [2.24, 2.45) is 0 Å². The monoisotopic (exact) mass is 299 g/mol. The molecule has 0 saturated heterocycles. The van der Waals surface area contributed by atoms with Gasteiger partial charge in [0.25, 0.3) is 5.91 Å². The van der Waals surface area contributed by atoms with Crippen molar-refractivity contribution in [3.8, 4) is 0 Å². The van der Waals surface area contributed by atoms with Gasteiger partial charge in [-0.15, -0.1) is 0 Å². The zero-order valence-corrected chi connectivity index (χ0v) is 12.2. The van der Waals surface area contributed by atoms with E-state index >= 15 is 0 Å². The van der Waals surface area contributed by atoms with Gasteiger partial charge in [0.05, 0.1) is 4.90 Å². The lowest BCUT2D eigenvalue weighted by Gasteiger charge is -2.17. The molecule has 6 nitrogen and oxygen atoms in total. The van der Waals surface area contributed by atoms with E-state index in [1.807, 2.05) is 0 Å². The molecule has 0 saturated carbocycles. The van der Waals surface area contributed by atoms with Gasteiger partial charge in [-0.05, 0) is 24.6 Å². The average molecular weight is 299 g/mol. The van der Waals surface area contributed by atoms with E-state index in [0.717, 1.165) is 6.26 Å². The highest BCUT2D eigenvalue weighted by molar-refractivity contribution is 7.90. The van der Waals surface area contributed by atoms with Gasteiger partial charge < -0.3 is 10.0 Å². The molecule has 1 N–H and O–H groups in total. The minimum atomic E-state index is -3.36. The first kappa shape index (κ1) is 16.2. The van der Waals surface area contributed by atoms with Crippen LogP contribution in [0.1, 0.15) is 23.2 Å². The number of rotatable bonds is 6. The van der Waals surface area contributed by atoms with Gasteiger partial charge in [0.15, 0.2) is 9.84 Å². The van der Waals surface area contributed by atoms with Gasteiger partial charge in [0, 0.05) is 31.8 Å². The first-order valence-electron chi connectivity index (χ1n) is 5.99. The Morgan fingerprint density at radius 3 is 2.50 bits per heavy atom. The second kappa shape index (κ2) is 6.51. The minimum Gasteiger partial charge on any atom is -0.481 e. The summed E-state index contributed by atoms with van der Waals surface area (Å²) in [5, 5.41) is 8.54. The second-order valence-corrected chi connectivity index (χ2v) is 6.54. The van der Waals surface area contributed by atoms with Crippen molar-refractivity contribution in [2.45, 2.75) is 17.7 Å². The lowest BCUT2D eigenvalue weighted by Crippen LogP contribution is -2.28. The van der Waals surface area contributed by atoms with Crippen molar-refractivity contribution in [3.05, 3.63) is 29.8 Å². The molecule has 20 heavy (non-hydrogen) atoms. The highest BCUT2D eigenvalue weighted by Crippen LogP contribution is 2.13. The molecule has 0 unspecified atom stereocenters. The minimum absolute atomic E-state index is 0.0129. The standard InChI is InChI=1S/C13H17NO5S/c1-14(8-4-7-12(15)16)13(17)10-5-3-6-11(9-10)20(2,18)19/h3,5-6,9H,4,7-8H2,1-2H3,(H,15,16). The number of benzene rings is 1. The van der Waals surface area contributed by atoms with Crippen molar-refractivity contribution in [2.75, 3.05) is 19.8 Å². The number of amides is 1. The molecule has 0 bridgehead atoms. The molecule has 0 aliphatic rings. The van der Waals surface area contributed by atoms with Crippen molar-refractivity contribution in [1.82, 2.24) is 4.90 Å². The van der Waals surface area contributed by atoms with Gasteiger partial charge in [-0.1, -0.05) is 6.07 Å². The summed E-state index contributed by atoms with van der Waals surface area (Å²) >= 11 is 0.